The Hall–Kier alpha value is -1.27. The Morgan fingerprint density at radius 3 is 2.52 bits per heavy atom. The van der Waals surface area contributed by atoms with Crippen molar-refractivity contribution in [3.8, 4) is 22.8 Å². The summed E-state index contributed by atoms with van der Waals surface area (Å²) >= 11 is 0. The van der Waals surface area contributed by atoms with Gasteiger partial charge in [0.15, 0.2) is 17.1 Å². The van der Waals surface area contributed by atoms with Crippen molar-refractivity contribution in [2.24, 2.45) is 0 Å². The number of phosphoric ester groups is 1. The number of hydrogen-bond acceptors (Lipinski definition) is 9. The maximum atomic E-state index is 11.6. The van der Waals surface area contributed by atoms with Gasteiger partial charge in [-0.05, 0) is 37.3 Å². The number of pyridine rings is 1. The van der Waals surface area contributed by atoms with Gasteiger partial charge in [-0.15, -0.1) is 0 Å². The minimum atomic E-state index is -5.23. The summed E-state index contributed by atoms with van der Waals surface area (Å²) in [7, 11) is -3.92. The van der Waals surface area contributed by atoms with Crippen molar-refractivity contribution in [1.29, 1.82) is 0 Å². The number of carbonyl (C=O) groups excluding carboxylic acids is 1. The van der Waals surface area contributed by atoms with Crippen LogP contribution >= 0.6 is 7.82 Å². The molecule has 3 aromatic rings. The van der Waals surface area contributed by atoms with E-state index in [1.165, 1.54) is 31.5 Å². The van der Waals surface area contributed by atoms with Gasteiger partial charge < -0.3 is 28.9 Å². The van der Waals surface area contributed by atoms with E-state index >= 15 is 0 Å². The van der Waals surface area contributed by atoms with Gasteiger partial charge in [-0.25, -0.2) is 14.8 Å². The molecule has 0 aliphatic carbocycles. The molecule has 0 saturated carbocycles. The minimum Gasteiger partial charge on any atom is -0.780 e. The summed E-state index contributed by atoms with van der Waals surface area (Å²) < 4.78 is 20.3. The predicted octanol–water partition coefficient (Wildman–Crippen LogP) is -4.94. The summed E-state index contributed by atoms with van der Waals surface area (Å²) in [6, 6.07) is 7.11. The van der Waals surface area contributed by atoms with Crippen molar-refractivity contribution in [2.75, 3.05) is 19.0 Å². The van der Waals surface area contributed by atoms with Crippen LogP contribution in [0.15, 0.2) is 36.5 Å². The molecule has 14 heteroatoms. The Kier molecular flexibility index (Phi) is 10.8. The second-order valence-electron chi connectivity index (χ2n) is 5.68. The molecule has 0 spiro atoms. The van der Waals surface area contributed by atoms with E-state index < -0.39 is 13.9 Å². The molecule has 0 radical (unpaired) electrons. The molecule has 1 aromatic carbocycles. The average Bonchev–Trinajstić information content (AvgIpc) is 2.66. The number of rotatable bonds is 6. The van der Waals surface area contributed by atoms with Crippen molar-refractivity contribution < 1.29 is 87.5 Å². The number of aromatic nitrogens is 3. The van der Waals surface area contributed by atoms with Gasteiger partial charge in [0, 0.05) is 12.1 Å². The molecule has 2 amide bonds. The summed E-state index contributed by atoms with van der Waals surface area (Å²) in [5.41, 5.74) is 1.75. The van der Waals surface area contributed by atoms with Crippen LogP contribution in [0.4, 0.5) is 10.6 Å². The Morgan fingerprint density at radius 1 is 1.13 bits per heavy atom. The number of phosphoric acid groups is 1. The number of fused-ring (bicyclic) bond motifs is 1. The third-order valence-electron chi connectivity index (χ3n) is 3.66. The van der Waals surface area contributed by atoms with E-state index in [0.29, 0.717) is 34.8 Å². The fourth-order valence-corrected chi connectivity index (χ4v) is 2.84. The monoisotopic (exact) mass is 463 g/mol. The van der Waals surface area contributed by atoms with Crippen LogP contribution < -0.4 is 88.8 Å². The van der Waals surface area contributed by atoms with Crippen molar-refractivity contribution >= 4 is 30.8 Å². The fraction of sp³-hybridized carbons (Fsp3) is 0.176. The number of urea groups is 1. The second kappa shape index (κ2) is 12.1. The third kappa shape index (κ3) is 7.67. The third-order valence-corrected chi connectivity index (χ3v) is 4.08. The van der Waals surface area contributed by atoms with Crippen LogP contribution in [0.3, 0.4) is 0 Å². The van der Waals surface area contributed by atoms with E-state index in [0.717, 1.165) is 0 Å². The zero-order valence-electron chi connectivity index (χ0n) is 17.4. The summed E-state index contributed by atoms with van der Waals surface area (Å²) in [4.78, 5) is 46.3. The first-order valence-corrected chi connectivity index (χ1v) is 9.84. The average molecular weight is 463 g/mol. The molecule has 152 valence electrons. The number of carbonyl (C=O) groups is 1. The van der Waals surface area contributed by atoms with Crippen LogP contribution in [0.25, 0.3) is 22.4 Å². The number of benzene rings is 1. The van der Waals surface area contributed by atoms with Crippen molar-refractivity contribution in [1.82, 2.24) is 20.3 Å². The SMILES string of the molecule is CCNC(=O)Nc1ccc2ncc(-c3ccc(OP(=O)([O-])[O-])c(OC)c3)nc2n1.[Na+].[Na+]. The van der Waals surface area contributed by atoms with Crippen LogP contribution in [-0.4, -0.2) is 34.6 Å². The van der Waals surface area contributed by atoms with Crippen molar-refractivity contribution in [3.63, 3.8) is 0 Å². The van der Waals surface area contributed by atoms with Gasteiger partial charge in [0.1, 0.15) is 19.2 Å². The fourth-order valence-electron chi connectivity index (χ4n) is 2.45. The quantitative estimate of drug-likeness (QED) is 0.270. The molecule has 2 N–H and O–H groups in total. The molecular formula is C17H16N5Na2O6P. The zero-order chi connectivity index (χ0) is 21.0. The Balaban J connectivity index is 0.00000240. The second-order valence-corrected chi connectivity index (χ2v) is 6.76. The number of amides is 2. The van der Waals surface area contributed by atoms with E-state index in [9.17, 15) is 19.1 Å². The van der Waals surface area contributed by atoms with Crippen LogP contribution in [0.5, 0.6) is 11.5 Å². The van der Waals surface area contributed by atoms with E-state index in [1.54, 1.807) is 19.1 Å². The van der Waals surface area contributed by atoms with Crippen molar-refractivity contribution in [2.45, 2.75) is 6.92 Å². The molecule has 0 aliphatic heterocycles. The molecule has 2 heterocycles. The summed E-state index contributed by atoms with van der Waals surface area (Å²) in [5, 5.41) is 5.19. The van der Waals surface area contributed by atoms with Crippen LogP contribution in [0.1, 0.15) is 6.92 Å². The molecule has 0 saturated heterocycles. The molecule has 0 bridgehead atoms. The van der Waals surface area contributed by atoms with Gasteiger partial charge in [0.2, 0.25) is 0 Å². The number of methoxy groups -OCH3 is 1. The number of anilines is 1. The van der Waals surface area contributed by atoms with E-state index in [4.69, 9.17) is 4.74 Å². The molecular weight excluding hydrogens is 447 g/mol. The van der Waals surface area contributed by atoms with E-state index in [1.807, 2.05) is 0 Å². The maximum Gasteiger partial charge on any atom is 1.00 e. The maximum absolute atomic E-state index is 11.6. The van der Waals surface area contributed by atoms with Gasteiger partial charge in [-0.1, -0.05) is 0 Å². The standard InChI is InChI=1S/C17H18N5O6P.2Na/c1-3-18-17(23)22-15-7-5-11-16(21-15)20-12(9-19-11)10-4-6-13(14(8-10)27-2)28-29(24,25)26;;/h4-9H,3H2,1-2H3,(H2,24,25,26)(H2,18,20,21,22,23);;/q;2*+1/p-2. The van der Waals surface area contributed by atoms with Gasteiger partial charge in [0.25, 0.3) is 0 Å². The topological polar surface area (TPSA) is 161 Å². The molecule has 0 aliphatic rings. The summed E-state index contributed by atoms with van der Waals surface area (Å²) in [5.74, 6) is 0.110. The van der Waals surface area contributed by atoms with Gasteiger partial charge in [-0.3, -0.25) is 10.3 Å². The van der Waals surface area contributed by atoms with Crippen molar-refractivity contribution in [3.05, 3.63) is 36.5 Å². The molecule has 31 heavy (non-hydrogen) atoms. The molecule has 3 rings (SSSR count). The number of nitrogens with one attached hydrogen (secondary N) is 2. The number of hydrogen-bond donors (Lipinski definition) is 2. The normalized spacial score (nSPS) is 10.5. The molecule has 11 nitrogen and oxygen atoms in total. The van der Waals surface area contributed by atoms with Gasteiger partial charge in [0.05, 0.1) is 19.0 Å². The number of nitrogens with zero attached hydrogens (tertiary/aromatic N) is 3. The Morgan fingerprint density at radius 2 is 1.87 bits per heavy atom. The largest absolute Gasteiger partial charge is 1.00 e. The first kappa shape index (κ1) is 27.8. The first-order chi connectivity index (χ1) is 13.8. The summed E-state index contributed by atoms with van der Waals surface area (Å²) in [6.45, 7) is 2.27. The van der Waals surface area contributed by atoms with Crippen LogP contribution in [0.2, 0.25) is 0 Å². The molecule has 2 aromatic heterocycles. The Labute approximate surface area is 222 Å². The van der Waals surface area contributed by atoms with Crippen LogP contribution in [-0.2, 0) is 4.57 Å². The Bertz CT molecular complexity index is 1110. The zero-order valence-corrected chi connectivity index (χ0v) is 22.3. The van der Waals surface area contributed by atoms with E-state index in [2.05, 4.69) is 30.1 Å². The molecule has 0 unspecified atom stereocenters. The smallest absolute Gasteiger partial charge is 0.780 e. The number of ether oxygens (including phenoxy) is 1. The van der Waals surface area contributed by atoms with E-state index in [-0.39, 0.29) is 70.6 Å². The molecule has 0 fully saturated rings. The summed E-state index contributed by atoms with van der Waals surface area (Å²) in [6.07, 6.45) is 1.50. The van der Waals surface area contributed by atoms with Gasteiger partial charge in [-0.2, -0.15) is 0 Å². The molecule has 0 atom stereocenters. The predicted molar refractivity (Wildman–Crippen MR) is 100 cm³/mol. The van der Waals surface area contributed by atoms with Gasteiger partial charge >= 0.3 is 65.1 Å². The van der Waals surface area contributed by atoms with Crippen LogP contribution in [0, 0.1) is 0 Å². The minimum absolute atomic E-state index is 0. The first-order valence-electron chi connectivity index (χ1n) is 8.38.